The molecule has 0 aliphatic carbocycles. The molecule has 0 bridgehead atoms. The van der Waals surface area contributed by atoms with Gasteiger partial charge in [0, 0.05) is 5.56 Å². The van der Waals surface area contributed by atoms with E-state index in [9.17, 15) is 25.2 Å². The van der Waals surface area contributed by atoms with E-state index in [0.29, 0.717) is 5.56 Å². The normalized spacial score (nSPS) is 34.2. The van der Waals surface area contributed by atoms with Gasteiger partial charge in [0.05, 0.1) is 6.61 Å². The maximum atomic E-state index is 12.5. The van der Waals surface area contributed by atoms with Crippen molar-refractivity contribution < 1.29 is 30.0 Å². The third-order valence-electron chi connectivity index (χ3n) is 4.82. The second-order valence-electron chi connectivity index (χ2n) is 6.44. The second-order valence-corrected chi connectivity index (χ2v) is 6.44. The predicted molar refractivity (Wildman–Crippen MR) is 91.3 cm³/mol. The molecule has 4 rings (SSSR count). The molecule has 136 valence electrons. The van der Waals surface area contributed by atoms with Gasteiger partial charge in [0.2, 0.25) is 0 Å². The highest BCUT2D eigenvalue weighted by atomic mass is 16.6. The highest BCUT2D eigenvalue weighted by Gasteiger charge is 2.60. The predicted octanol–water partition coefficient (Wildman–Crippen LogP) is -1.11. The number of benzene rings is 2. The molecule has 0 radical (unpaired) electrons. The van der Waals surface area contributed by atoms with Crippen LogP contribution < -0.4 is 5.32 Å². The van der Waals surface area contributed by atoms with Gasteiger partial charge in [-0.25, -0.2) is 4.99 Å². The number of nitrogens with one attached hydrogen (secondary N) is 1. The van der Waals surface area contributed by atoms with E-state index in [2.05, 4.69) is 10.3 Å². The minimum Gasteiger partial charge on any atom is -0.394 e. The fraction of sp³-hybridized carbons (Fsp3) is 0.333. The van der Waals surface area contributed by atoms with Crippen molar-refractivity contribution in [2.75, 3.05) is 6.61 Å². The van der Waals surface area contributed by atoms with Gasteiger partial charge < -0.3 is 30.5 Å². The monoisotopic (exact) mass is 358 g/mol. The van der Waals surface area contributed by atoms with Crippen LogP contribution in [-0.2, 0) is 9.53 Å². The topological polar surface area (TPSA) is 132 Å². The lowest BCUT2D eigenvalue weighted by molar-refractivity contribution is -0.261. The number of carbonyl (C=O) groups is 1. The maximum Gasteiger partial charge on any atom is 0.283 e. The van der Waals surface area contributed by atoms with E-state index in [0.717, 1.165) is 10.8 Å². The maximum absolute atomic E-state index is 12.5. The van der Waals surface area contributed by atoms with Gasteiger partial charge in [0.25, 0.3) is 11.6 Å². The summed E-state index contributed by atoms with van der Waals surface area (Å²) in [4.78, 5) is 16.7. The van der Waals surface area contributed by atoms with Gasteiger partial charge in [0.15, 0.2) is 0 Å². The van der Waals surface area contributed by atoms with E-state index in [1.54, 1.807) is 6.07 Å². The Bertz CT molecular complexity index is 898. The molecule has 8 heteroatoms. The highest BCUT2D eigenvalue weighted by Crippen LogP contribution is 2.35. The Labute approximate surface area is 148 Å². The molecule has 5 N–H and O–H groups in total. The van der Waals surface area contributed by atoms with Gasteiger partial charge in [-0.1, -0.05) is 36.4 Å². The molecule has 8 nitrogen and oxygen atoms in total. The molecule has 1 fully saturated rings. The average Bonchev–Trinajstić information content (AvgIpc) is 3.00. The van der Waals surface area contributed by atoms with Crippen LogP contribution in [0.2, 0.25) is 0 Å². The fourth-order valence-electron chi connectivity index (χ4n) is 3.35. The molecule has 0 saturated carbocycles. The second kappa shape index (κ2) is 6.11. The summed E-state index contributed by atoms with van der Waals surface area (Å²) in [7, 11) is 0. The smallest absolute Gasteiger partial charge is 0.283 e. The zero-order valence-corrected chi connectivity index (χ0v) is 13.6. The molecule has 1 amide bonds. The minimum absolute atomic E-state index is 0.181. The number of aliphatic hydroxyl groups is 4. The summed E-state index contributed by atoms with van der Waals surface area (Å²) in [5.74, 6) is -0.586. The summed E-state index contributed by atoms with van der Waals surface area (Å²) in [5.41, 5.74) is -1.52. The molecular weight excluding hydrogens is 340 g/mol. The Balaban J connectivity index is 1.76. The number of rotatable bonds is 2. The first-order valence-corrected chi connectivity index (χ1v) is 8.19. The number of nitrogens with zero attached hydrogens (tertiary/aromatic N) is 1. The van der Waals surface area contributed by atoms with Crippen molar-refractivity contribution in [3.05, 3.63) is 48.0 Å². The first-order chi connectivity index (χ1) is 12.5. The average molecular weight is 358 g/mol. The van der Waals surface area contributed by atoms with Gasteiger partial charge >= 0.3 is 0 Å². The summed E-state index contributed by atoms with van der Waals surface area (Å²) in [5, 5.41) is 44.1. The lowest BCUT2D eigenvalue weighted by Gasteiger charge is -2.43. The Kier molecular flexibility index (Phi) is 4.02. The van der Waals surface area contributed by atoms with Crippen LogP contribution in [0.5, 0.6) is 0 Å². The van der Waals surface area contributed by atoms with Crippen LogP contribution in [0, 0.1) is 0 Å². The van der Waals surface area contributed by atoms with E-state index in [1.807, 2.05) is 36.4 Å². The van der Waals surface area contributed by atoms with Crippen LogP contribution in [0.15, 0.2) is 47.5 Å². The Morgan fingerprint density at radius 2 is 1.81 bits per heavy atom. The van der Waals surface area contributed by atoms with Crippen molar-refractivity contribution in [2.45, 2.75) is 30.1 Å². The Hall–Kier alpha value is -2.36. The first-order valence-electron chi connectivity index (χ1n) is 8.19. The zero-order valence-electron chi connectivity index (χ0n) is 13.6. The summed E-state index contributed by atoms with van der Waals surface area (Å²) in [6, 6.07) is 13.1. The molecule has 0 aromatic heterocycles. The molecule has 1 saturated heterocycles. The standard InChI is InChI=1S/C18H18N2O6/c21-8-12-13(22)14(23)15(24)18(26-12)17(25)19-16(20-18)11-6-5-9-3-1-2-4-10(9)7-11/h1-7,12-15,21-24H,8H2,(H,19,20,25)/t12-,13-,14+,15-,18+/m1/s1. The van der Waals surface area contributed by atoms with E-state index in [1.165, 1.54) is 0 Å². The van der Waals surface area contributed by atoms with E-state index in [-0.39, 0.29) is 5.84 Å². The van der Waals surface area contributed by atoms with Crippen LogP contribution >= 0.6 is 0 Å². The Morgan fingerprint density at radius 3 is 2.54 bits per heavy atom. The Morgan fingerprint density at radius 1 is 1.08 bits per heavy atom. The molecule has 2 heterocycles. The van der Waals surface area contributed by atoms with Crippen molar-refractivity contribution in [3.8, 4) is 0 Å². The van der Waals surface area contributed by atoms with Gasteiger partial charge in [-0.05, 0) is 16.8 Å². The molecule has 2 aromatic rings. The summed E-state index contributed by atoms with van der Waals surface area (Å²) in [6.45, 7) is -0.638. The fourth-order valence-corrected chi connectivity index (χ4v) is 3.35. The molecule has 1 spiro atoms. The van der Waals surface area contributed by atoms with Gasteiger partial charge in [0.1, 0.15) is 30.3 Å². The number of ether oxygens (including phenoxy) is 1. The number of amidine groups is 1. The summed E-state index contributed by atoms with van der Waals surface area (Å²) in [6.07, 6.45) is -6.25. The van der Waals surface area contributed by atoms with Crippen molar-refractivity contribution in [1.29, 1.82) is 0 Å². The van der Waals surface area contributed by atoms with Crippen molar-refractivity contribution in [3.63, 3.8) is 0 Å². The number of fused-ring (bicyclic) bond motifs is 1. The molecule has 2 aliphatic rings. The number of hydrogen-bond donors (Lipinski definition) is 5. The number of hydrogen-bond acceptors (Lipinski definition) is 7. The van der Waals surface area contributed by atoms with Crippen LogP contribution in [-0.4, -0.2) is 68.9 Å². The molecule has 2 aromatic carbocycles. The van der Waals surface area contributed by atoms with E-state index < -0.39 is 42.7 Å². The first kappa shape index (κ1) is 17.1. The lowest BCUT2D eigenvalue weighted by atomic mass is 9.91. The van der Waals surface area contributed by atoms with Crippen molar-refractivity contribution >= 4 is 22.5 Å². The SMILES string of the molecule is O=C1NC(c2ccc3ccccc3c2)=N[C@@]12O[C@H](CO)[C@@H](O)[C@H](O)[C@H]2O. The third-order valence-corrected chi connectivity index (χ3v) is 4.82. The van der Waals surface area contributed by atoms with Crippen molar-refractivity contribution in [2.24, 2.45) is 4.99 Å². The molecule has 0 unspecified atom stereocenters. The molecule has 2 aliphatic heterocycles. The summed E-state index contributed by atoms with van der Waals surface area (Å²) < 4.78 is 5.42. The number of amides is 1. The molecular formula is C18H18N2O6. The highest BCUT2D eigenvalue weighted by molar-refractivity contribution is 6.16. The minimum atomic E-state index is -2.12. The van der Waals surface area contributed by atoms with Crippen LogP contribution in [0.4, 0.5) is 0 Å². The van der Waals surface area contributed by atoms with E-state index >= 15 is 0 Å². The van der Waals surface area contributed by atoms with Crippen LogP contribution in [0.3, 0.4) is 0 Å². The quantitative estimate of drug-likeness (QED) is 0.462. The summed E-state index contributed by atoms with van der Waals surface area (Å²) >= 11 is 0. The largest absolute Gasteiger partial charge is 0.394 e. The molecule has 5 atom stereocenters. The van der Waals surface area contributed by atoms with Gasteiger partial charge in [-0.15, -0.1) is 0 Å². The van der Waals surface area contributed by atoms with Crippen LogP contribution in [0.25, 0.3) is 10.8 Å². The number of aliphatic imine (C=N–C) groups is 1. The number of carbonyl (C=O) groups excluding carboxylic acids is 1. The molecule has 26 heavy (non-hydrogen) atoms. The van der Waals surface area contributed by atoms with Crippen molar-refractivity contribution in [1.82, 2.24) is 5.32 Å². The van der Waals surface area contributed by atoms with Gasteiger partial charge in [-0.2, -0.15) is 0 Å². The van der Waals surface area contributed by atoms with Gasteiger partial charge in [-0.3, -0.25) is 4.79 Å². The van der Waals surface area contributed by atoms with Crippen LogP contribution in [0.1, 0.15) is 5.56 Å². The number of aliphatic hydroxyl groups excluding tert-OH is 4. The lowest BCUT2D eigenvalue weighted by Crippen LogP contribution is -2.67. The third kappa shape index (κ3) is 2.43. The van der Waals surface area contributed by atoms with E-state index in [4.69, 9.17) is 4.74 Å². The zero-order chi connectivity index (χ0) is 18.5.